The van der Waals surface area contributed by atoms with Gasteiger partial charge in [-0.05, 0) is 6.92 Å². The molecular weight excluding hydrogens is 132 g/mol. The molecule has 0 aromatic heterocycles. The van der Waals surface area contributed by atoms with Crippen molar-refractivity contribution in [2.24, 2.45) is 0 Å². The molecule has 0 saturated heterocycles. The molecule has 0 aliphatic rings. The first-order valence-electron chi connectivity index (χ1n) is 1.76. The van der Waals surface area contributed by atoms with Gasteiger partial charge in [0.15, 0.2) is 0 Å². The van der Waals surface area contributed by atoms with Crippen LogP contribution in [0, 0.1) is 0 Å². The summed E-state index contributed by atoms with van der Waals surface area (Å²) in [5.41, 5.74) is 0. The van der Waals surface area contributed by atoms with Crippen LogP contribution in [0.15, 0.2) is 11.2 Å². The Kier molecular flexibility index (Phi) is 2.00. The largest absolute Gasteiger partial charge is 0.512 e. The van der Waals surface area contributed by atoms with E-state index in [9.17, 15) is 8.42 Å². The minimum atomic E-state index is -4.14. The third-order valence-corrected chi connectivity index (χ3v) is 0.958. The number of allylic oxidation sites excluding steroid dienone is 1. The zero-order chi connectivity index (χ0) is 6.78. The van der Waals surface area contributed by atoms with Crippen molar-refractivity contribution in [3.05, 3.63) is 11.2 Å². The number of rotatable bonds is 1. The molecule has 0 aromatic rings. The molecule has 4 nitrogen and oxygen atoms in total. The van der Waals surface area contributed by atoms with Crippen LogP contribution in [-0.2, 0) is 10.1 Å². The highest BCUT2D eigenvalue weighted by Gasteiger charge is 1.96. The third-order valence-electron chi connectivity index (χ3n) is 0.319. The van der Waals surface area contributed by atoms with Gasteiger partial charge in [0.05, 0.1) is 5.41 Å². The van der Waals surface area contributed by atoms with Gasteiger partial charge in [-0.1, -0.05) is 0 Å². The standard InChI is InChI=1S/C3H6O4S/c1-3(4)2-8(5,6)7/h2,4H,1H3,(H,5,6,7). The second-order valence-electron chi connectivity index (χ2n) is 1.27. The maximum atomic E-state index is 9.76. The molecule has 0 spiro atoms. The lowest BCUT2D eigenvalue weighted by molar-refractivity contribution is 0.413. The molecule has 8 heavy (non-hydrogen) atoms. The molecule has 5 heteroatoms. The molecule has 0 amide bonds. The Balaban J connectivity index is 4.36. The minimum absolute atomic E-state index is 0.354. The van der Waals surface area contributed by atoms with Crippen molar-refractivity contribution in [3.63, 3.8) is 0 Å². The third kappa shape index (κ3) is 5.45. The van der Waals surface area contributed by atoms with Gasteiger partial charge in [-0.2, -0.15) is 8.42 Å². The minimum Gasteiger partial charge on any atom is -0.512 e. The zero-order valence-corrected chi connectivity index (χ0v) is 5.01. The summed E-state index contributed by atoms with van der Waals surface area (Å²) in [5, 5.41) is 8.56. The Morgan fingerprint density at radius 2 is 2.00 bits per heavy atom. The van der Waals surface area contributed by atoms with Gasteiger partial charge in [0, 0.05) is 0 Å². The fraction of sp³-hybridized carbons (Fsp3) is 0.333. The van der Waals surface area contributed by atoms with E-state index < -0.39 is 15.9 Å². The van der Waals surface area contributed by atoms with Crippen LogP contribution in [0.3, 0.4) is 0 Å². The number of aliphatic hydroxyl groups excluding tert-OH is 1. The average Bonchev–Trinajstić information content (AvgIpc) is 1.21. The van der Waals surface area contributed by atoms with E-state index in [0.717, 1.165) is 6.92 Å². The van der Waals surface area contributed by atoms with E-state index in [1.807, 2.05) is 0 Å². The van der Waals surface area contributed by atoms with Gasteiger partial charge < -0.3 is 5.11 Å². The quantitative estimate of drug-likeness (QED) is 0.403. The van der Waals surface area contributed by atoms with Crippen molar-refractivity contribution in [2.75, 3.05) is 0 Å². The van der Waals surface area contributed by atoms with E-state index in [0.29, 0.717) is 5.41 Å². The highest BCUT2D eigenvalue weighted by atomic mass is 32.2. The molecule has 0 radical (unpaired) electrons. The molecule has 0 atom stereocenters. The number of hydrogen-bond donors (Lipinski definition) is 2. The average molecular weight is 138 g/mol. The lowest BCUT2D eigenvalue weighted by atomic mass is 10.7. The van der Waals surface area contributed by atoms with Crippen LogP contribution in [0.25, 0.3) is 0 Å². The van der Waals surface area contributed by atoms with Crippen molar-refractivity contribution >= 4 is 10.1 Å². The lowest BCUT2D eigenvalue weighted by Gasteiger charge is -1.83. The second kappa shape index (κ2) is 2.15. The molecule has 0 unspecified atom stereocenters. The van der Waals surface area contributed by atoms with Crippen LogP contribution in [0.5, 0.6) is 0 Å². The van der Waals surface area contributed by atoms with Gasteiger partial charge in [0.2, 0.25) is 0 Å². The van der Waals surface area contributed by atoms with Crippen LogP contribution < -0.4 is 0 Å². The Bertz CT molecular complexity index is 183. The normalized spacial score (nSPS) is 14.0. The SMILES string of the molecule is CC(O)=CS(=O)(=O)O. The van der Waals surface area contributed by atoms with E-state index >= 15 is 0 Å². The van der Waals surface area contributed by atoms with Gasteiger partial charge in [-0.3, -0.25) is 4.55 Å². The summed E-state index contributed by atoms with van der Waals surface area (Å²) in [7, 11) is -4.14. The molecular formula is C3H6O4S. The predicted octanol–water partition coefficient (Wildman–Crippen LogP) is 0.293. The second-order valence-corrected chi connectivity index (χ2v) is 2.54. The van der Waals surface area contributed by atoms with E-state index in [4.69, 9.17) is 9.66 Å². The first-order chi connectivity index (χ1) is 3.42. The fourth-order valence-electron chi connectivity index (χ4n) is 0.216. The highest BCUT2D eigenvalue weighted by Crippen LogP contribution is 1.89. The molecule has 0 bridgehead atoms. The molecule has 0 aromatic carbocycles. The van der Waals surface area contributed by atoms with E-state index in [1.165, 1.54) is 0 Å². The molecule has 0 heterocycles. The van der Waals surface area contributed by atoms with Crippen molar-refractivity contribution in [1.82, 2.24) is 0 Å². The van der Waals surface area contributed by atoms with E-state index in [2.05, 4.69) is 0 Å². The Morgan fingerprint density at radius 3 is 2.00 bits per heavy atom. The summed E-state index contributed by atoms with van der Waals surface area (Å²) in [6.07, 6.45) is 0. The summed E-state index contributed by atoms with van der Waals surface area (Å²) >= 11 is 0. The summed E-state index contributed by atoms with van der Waals surface area (Å²) in [4.78, 5) is 0. The zero-order valence-electron chi connectivity index (χ0n) is 4.20. The van der Waals surface area contributed by atoms with Gasteiger partial charge in [-0.15, -0.1) is 0 Å². The molecule has 2 N–H and O–H groups in total. The van der Waals surface area contributed by atoms with E-state index in [-0.39, 0.29) is 0 Å². The Labute approximate surface area is 47.2 Å². The van der Waals surface area contributed by atoms with Crippen molar-refractivity contribution < 1.29 is 18.1 Å². The monoisotopic (exact) mass is 138 g/mol. The van der Waals surface area contributed by atoms with Gasteiger partial charge in [-0.25, -0.2) is 0 Å². The molecule has 48 valence electrons. The maximum Gasteiger partial charge on any atom is 0.290 e. The van der Waals surface area contributed by atoms with Crippen LogP contribution in [0.2, 0.25) is 0 Å². The van der Waals surface area contributed by atoms with Gasteiger partial charge in [0.25, 0.3) is 10.1 Å². The topological polar surface area (TPSA) is 74.6 Å². The first-order valence-corrected chi connectivity index (χ1v) is 3.27. The first kappa shape index (κ1) is 7.45. The van der Waals surface area contributed by atoms with Crippen molar-refractivity contribution in [3.8, 4) is 0 Å². The molecule has 0 aliphatic carbocycles. The van der Waals surface area contributed by atoms with Crippen LogP contribution >= 0.6 is 0 Å². The fourth-order valence-corrected chi connectivity index (χ4v) is 0.647. The Morgan fingerprint density at radius 1 is 1.62 bits per heavy atom. The van der Waals surface area contributed by atoms with E-state index in [1.54, 1.807) is 0 Å². The van der Waals surface area contributed by atoms with Gasteiger partial charge in [0.1, 0.15) is 5.76 Å². The van der Waals surface area contributed by atoms with Crippen molar-refractivity contribution in [2.45, 2.75) is 6.92 Å². The van der Waals surface area contributed by atoms with Crippen LogP contribution in [0.4, 0.5) is 0 Å². The predicted molar refractivity (Wildman–Crippen MR) is 27.9 cm³/mol. The summed E-state index contributed by atoms with van der Waals surface area (Å²) < 4.78 is 27.4. The van der Waals surface area contributed by atoms with Crippen LogP contribution in [0.1, 0.15) is 6.92 Å². The summed E-state index contributed by atoms with van der Waals surface area (Å²) in [6, 6.07) is 0. The Hall–Kier alpha value is -0.550. The number of hydrogen-bond acceptors (Lipinski definition) is 3. The molecule has 0 aliphatic heterocycles. The molecule has 0 fully saturated rings. The van der Waals surface area contributed by atoms with Gasteiger partial charge >= 0.3 is 0 Å². The maximum absolute atomic E-state index is 9.76. The highest BCUT2D eigenvalue weighted by molar-refractivity contribution is 7.88. The molecule has 0 rings (SSSR count). The smallest absolute Gasteiger partial charge is 0.290 e. The summed E-state index contributed by atoms with van der Waals surface area (Å²) in [5.74, 6) is -0.437. The molecule has 0 saturated carbocycles. The number of aliphatic hydroxyl groups is 1. The van der Waals surface area contributed by atoms with Crippen molar-refractivity contribution in [1.29, 1.82) is 0 Å². The van der Waals surface area contributed by atoms with Crippen LogP contribution in [-0.4, -0.2) is 18.1 Å². The lowest BCUT2D eigenvalue weighted by Crippen LogP contribution is -1.90. The summed E-state index contributed by atoms with van der Waals surface area (Å²) in [6.45, 7) is 1.15.